The second-order valence-electron chi connectivity index (χ2n) is 6.98. The predicted octanol–water partition coefficient (Wildman–Crippen LogP) is 3.31. The van der Waals surface area contributed by atoms with Crippen molar-refractivity contribution in [3.63, 3.8) is 0 Å². The van der Waals surface area contributed by atoms with Crippen LogP contribution in [-0.4, -0.2) is 46.7 Å². The number of nitrogens with zero attached hydrogens (tertiary/aromatic N) is 3. The fourth-order valence-corrected chi connectivity index (χ4v) is 4.35. The van der Waals surface area contributed by atoms with E-state index in [0.29, 0.717) is 35.3 Å². The molecule has 35 heavy (non-hydrogen) atoms. The molecule has 2 aromatic heterocycles. The number of aliphatic carboxylic acids is 1. The number of alkyl halides is 3. The van der Waals surface area contributed by atoms with Gasteiger partial charge in [0, 0.05) is 31.3 Å². The number of ether oxygens (including phenoxy) is 1. The van der Waals surface area contributed by atoms with Gasteiger partial charge in [0.1, 0.15) is 23.8 Å². The Hall–Kier alpha value is -3.59. The molecule has 0 unspecified atom stereocenters. The van der Waals surface area contributed by atoms with Gasteiger partial charge in [0.25, 0.3) is 0 Å². The maximum Gasteiger partial charge on any atom is 0.490 e. The van der Waals surface area contributed by atoms with Gasteiger partial charge in [-0.05, 0) is 30.3 Å². The van der Waals surface area contributed by atoms with E-state index in [1.807, 2.05) is 0 Å². The molecular weight excluding hydrogens is 505 g/mol. The van der Waals surface area contributed by atoms with Crippen molar-refractivity contribution in [3.8, 4) is 5.75 Å². The molecule has 0 saturated carbocycles. The van der Waals surface area contributed by atoms with E-state index in [1.165, 1.54) is 4.31 Å². The van der Waals surface area contributed by atoms with Gasteiger partial charge in [-0.1, -0.05) is 5.16 Å². The van der Waals surface area contributed by atoms with Crippen LogP contribution in [0.4, 0.5) is 22.0 Å². The number of hydrogen-bond donors (Lipinski definition) is 1. The molecule has 3 aromatic rings. The van der Waals surface area contributed by atoms with Crippen LogP contribution in [0.15, 0.2) is 52.1 Å². The summed E-state index contributed by atoms with van der Waals surface area (Å²) in [6, 6.07) is 5.98. The van der Waals surface area contributed by atoms with Crippen molar-refractivity contribution < 1.29 is 49.5 Å². The number of halogens is 5. The first-order chi connectivity index (χ1) is 16.4. The Labute approximate surface area is 194 Å². The lowest BCUT2D eigenvalue weighted by atomic mass is 10.1. The molecule has 1 aromatic carbocycles. The van der Waals surface area contributed by atoms with Gasteiger partial charge in [-0.25, -0.2) is 22.0 Å². The first-order valence-corrected chi connectivity index (χ1v) is 11.1. The van der Waals surface area contributed by atoms with Crippen molar-refractivity contribution >= 4 is 16.0 Å². The lowest BCUT2D eigenvalue weighted by Crippen LogP contribution is -2.36. The molecule has 0 amide bonds. The third kappa shape index (κ3) is 6.30. The van der Waals surface area contributed by atoms with Crippen molar-refractivity contribution in [2.45, 2.75) is 30.6 Å². The number of carbonyl (C=O) groups is 1. The van der Waals surface area contributed by atoms with E-state index in [4.69, 9.17) is 19.2 Å². The van der Waals surface area contributed by atoms with E-state index in [0.717, 1.165) is 12.1 Å². The minimum Gasteiger partial charge on any atom is -0.486 e. The molecule has 188 valence electrons. The van der Waals surface area contributed by atoms with Gasteiger partial charge in [0.2, 0.25) is 10.0 Å². The van der Waals surface area contributed by atoms with Crippen LogP contribution in [0.25, 0.3) is 0 Å². The number of fused-ring (bicyclic) bond motifs is 1. The summed E-state index contributed by atoms with van der Waals surface area (Å²) in [4.78, 5) is 12.5. The number of benzene rings is 1. The van der Waals surface area contributed by atoms with Crippen LogP contribution < -0.4 is 4.74 Å². The van der Waals surface area contributed by atoms with Gasteiger partial charge in [-0.3, -0.25) is 4.98 Å². The molecule has 4 rings (SSSR count). The van der Waals surface area contributed by atoms with Crippen molar-refractivity contribution in [2.75, 3.05) is 6.54 Å². The van der Waals surface area contributed by atoms with Crippen LogP contribution in [0.1, 0.15) is 17.0 Å². The van der Waals surface area contributed by atoms with Crippen LogP contribution in [0.5, 0.6) is 5.75 Å². The average molecular weight is 521 g/mol. The molecule has 0 aliphatic carbocycles. The Morgan fingerprint density at radius 1 is 1.20 bits per heavy atom. The molecule has 1 aliphatic rings. The zero-order valence-corrected chi connectivity index (χ0v) is 18.3. The maximum absolute atomic E-state index is 13.5. The monoisotopic (exact) mass is 521 g/mol. The minimum atomic E-state index is -5.08. The Kier molecular flexibility index (Phi) is 7.70. The van der Waals surface area contributed by atoms with Crippen LogP contribution in [0.3, 0.4) is 0 Å². The van der Waals surface area contributed by atoms with E-state index < -0.39 is 33.8 Å². The molecule has 0 spiro atoms. The summed E-state index contributed by atoms with van der Waals surface area (Å²) in [5.41, 5.74) is 1.09. The molecule has 0 atom stereocenters. The van der Waals surface area contributed by atoms with E-state index >= 15 is 0 Å². The summed E-state index contributed by atoms with van der Waals surface area (Å²) in [7, 11) is -4.00. The zero-order valence-electron chi connectivity index (χ0n) is 17.5. The van der Waals surface area contributed by atoms with Crippen LogP contribution >= 0.6 is 0 Å². The lowest BCUT2D eigenvalue weighted by Gasteiger charge is -2.25. The molecule has 0 saturated heterocycles. The highest BCUT2D eigenvalue weighted by atomic mass is 32.2. The van der Waals surface area contributed by atoms with Gasteiger partial charge in [-0.2, -0.15) is 17.5 Å². The number of hydrogen-bond acceptors (Lipinski definition) is 7. The van der Waals surface area contributed by atoms with Gasteiger partial charge in [0.15, 0.2) is 11.6 Å². The third-order valence-electron chi connectivity index (χ3n) is 4.65. The topological polar surface area (TPSA) is 123 Å². The second kappa shape index (κ2) is 10.4. The standard InChI is InChI=1S/C18H15F2N3O4S.C2HF3O2/c19-15-4-3-13(8-16(15)20)28(24,25)23-7-5-18-14(10-23)17(22-27-18)11-26-12-2-1-6-21-9-12;3-2(4,5)1(6)7/h1-4,6,8-9H,5,7,10-11H2;(H,6,7). The Morgan fingerprint density at radius 3 is 2.51 bits per heavy atom. The Bertz CT molecular complexity index is 1300. The largest absolute Gasteiger partial charge is 0.490 e. The van der Waals surface area contributed by atoms with Gasteiger partial charge < -0.3 is 14.4 Å². The summed E-state index contributed by atoms with van der Waals surface area (Å²) in [6.07, 6.45) is -1.60. The van der Waals surface area contributed by atoms with Crippen molar-refractivity contribution in [1.29, 1.82) is 0 Å². The molecule has 1 aliphatic heterocycles. The summed E-state index contributed by atoms with van der Waals surface area (Å²) >= 11 is 0. The third-order valence-corrected chi connectivity index (χ3v) is 6.50. The van der Waals surface area contributed by atoms with Crippen LogP contribution in [0, 0.1) is 11.6 Å². The van der Waals surface area contributed by atoms with E-state index in [2.05, 4.69) is 10.1 Å². The molecule has 15 heteroatoms. The predicted molar refractivity (Wildman–Crippen MR) is 106 cm³/mol. The Morgan fingerprint density at radius 2 is 1.91 bits per heavy atom. The quantitative estimate of drug-likeness (QED) is 0.508. The molecular formula is C20H16F5N3O6S. The highest BCUT2D eigenvalue weighted by molar-refractivity contribution is 7.89. The number of sulfonamides is 1. The fraction of sp³-hybridized carbons (Fsp3) is 0.250. The fourth-order valence-electron chi connectivity index (χ4n) is 2.93. The molecule has 1 N–H and O–H groups in total. The SMILES string of the molecule is O=C(O)C(F)(F)F.O=S(=O)(c1ccc(F)c(F)c1)N1CCc2onc(COc3cccnc3)c2C1. The van der Waals surface area contributed by atoms with Crippen molar-refractivity contribution in [1.82, 2.24) is 14.4 Å². The smallest absolute Gasteiger partial charge is 0.486 e. The first kappa shape index (κ1) is 26.0. The molecule has 0 bridgehead atoms. The summed E-state index contributed by atoms with van der Waals surface area (Å²) in [6.45, 7) is 0.238. The maximum atomic E-state index is 13.5. The molecule has 0 radical (unpaired) electrons. The van der Waals surface area contributed by atoms with Gasteiger partial charge >= 0.3 is 12.1 Å². The van der Waals surface area contributed by atoms with E-state index in [1.54, 1.807) is 24.5 Å². The summed E-state index contributed by atoms with van der Waals surface area (Å²) < 4.78 is 96.1. The van der Waals surface area contributed by atoms with E-state index in [9.17, 15) is 30.4 Å². The average Bonchev–Trinajstić information content (AvgIpc) is 3.22. The van der Waals surface area contributed by atoms with Gasteiger partial charge in [-0.15, -0.1) is 0 Å². The molecule has 0 fully saturated rings. The van der Waals surface area contributed by atoms with Crippen molar-refractivity contribution in [3.05, 3.63) is 71.4 Å². The highest BCUT2D eigenvalue weighted by Crippen LogP contribution is 2.28. The number of pyridine rings is 1. The first-order valence-electron chi connectivity index (χ1n) is 9.64. The van der Waals surface area contributed by atoms with E-state index in [-0.39, 0.29) is 24.6 Å². The molecule has 3 heterocycles. The van der Waals surface area contributed by atoms with Gasteiger partial charge in [0.05, 0.1) is 11.1 Å². The second-order valence-corrected chi connectivity index (χ2v) is 8.91. The van der Waals surface area contributed by atoms with Crippen LogP contribution in [-0.2, 0) is 34.4 Å². The number of rotatable bonds is 5. The normalized spacial score (nSPS) is 14.0. The number of carboxylic acids is 1. The number of aromatic nitrogens is 2. The summed E-state index contributed by atoms with van der Waals surface area (Å²) in [5, 5.41) is 11.1. The lowest BCUT2D eigenvalue weighted by molar-refractivity contribution is -0.192. The minimum absolute atomic E-state index is 0.00585. The van der Waals surface area contributed by atoms with Crippen molar-refractivity contribution in [2.24, 2.45) is 0 Å². The summed E-state index contributed by atoms with van der Waals surface area (Å²) in [5.74, 6) is -3.95. The Balaban J connectivity index is 0.000000429. The zero-order chi connectivity index (χ0) is 25.8. The molecule has 9 nitrogen and oxygen atoms in total. The van der Waals surface area contributed by atoms with Crippen LogP contribution in [0.2, 0.25) is 0 Å². The number of carboxylic acid groups (broad SMARTS) is 1. The highest BCUT2D eigenvalue weighted by Gasteiger charge is 2.38.